The predicted molar refractivity (Wildman–Crippen MR) is 108 cm³/mol. The molecule has 1 amide bonds. The van der Waals surface area contributed by atoms with Gasteiger partial charge in [0.05, 0.1) is 12.7 Å². The monoisotopic (exact) mass is 362 g/mol. The number of aromatic nitrogens is 1. The molecule has 0 aliphatic carbocycles. The van der Waals surface area contributed by atoms with Gasteiger partial charge in [-0.25, -0.2) is 0 Å². The molecule has 1 N–H and O–H groups in total. The minimum Gasteiger partial charge on any atom is -0.373 e. The lowest BCUT2D eigenvalue weighted by molar-refractivity contribution is -0.000503. The molecule has 1 fully saturated rings. The minimum atomic E-state index is 0.0999. The van der Waals surface area contributed by atoms with E-state index >= 15 is 0 Å². The molecule has 0 bridgehead atoms. The molecule has 0 saturated carbocycles. The number of likely N-dealkylation sites (tertiary alicyclic amines) is 1. The molecule has 4 rings (SSSR count). The van der Waals surface area contributed by atoms with Crippen molar-refractivity contribution in [3.8, 4) is 0 Å². The largest absolute Gasteiger partial charge is 0.373 e. The van der Waals surface area contributed by atoms with Crippen molar-refractivity contribution >= 4 is 16.8 Å². The number of carbonyl (C=O) groups excluding carboxylic acids is 1. The first-order valence-electron chi connectivity index (χ1n) is 9.65. The summed E-state index contributed by atoms with van der Waals surface area (Å²) in [5.41, 5.74) is 5.20. The van der Waals surface area contributed by atoms with E-state index in [0.29, 0.717) is 6.61 Å². The zero-order chi connectivity index (χ0) is 18.8. The summed E-state index contributed by atoms with van der Waals surface area (Å²) in [5.74, 6) is 0.0999. The highest BCUT2D eigenvalue weighted by atomic mass is 16.5. The molecule has 0 spiro atoms. The first-order chi connectivity index (χ1) is 13.1. The smallest absolute Gasteiger partial charge is 0.270 e. The van der Waals surface area contributed by atoms with Gasteiger partial charge < -0.3 is 14.6 Å². The molecule has 2 aromatic carbocycles. The summed E-state index contributed by atoms with van der Waals surface area (Å²) in [6.45, 7) is 6.23. The number of H-pyrrole nitrogens is 1. The first kappa shape index (κ1) is 17.8. The zero-order valence-electron chi connectivity index (χ0n) is 16.0. The number of benzene rings is 2. The Balaban J connectivity index is 1.38. The van der Waals surface area contributed by atoms with Crippen LogP contribution in [0.5, 0.6) is 0 Å². The van der Waals surface area contributed by atoms with Gasteiger partial charge >= 0.3 is 0 Å². The van der Waals surface area contributed by atoms with Gasteiger partial charge in [-0.2, -0.15) is 0 Å². The molecule has 0 atom stereocenters. The summed E-state index contributed by atoms with van der Waals surface area (Å²) in [5, 5.41) is 1.14. The molecular formula is C23H26N2O2. The Morgan fingerprint density at radius 1 is 1.11 bits per heavy atom. The maximum absolute atomic E-state index is 13.0. The quantitative estimate of drug-likeness (QED) is 0.737. The van der Waals surface area contributed by atoms with E-state index in [-0.39, 0.29) is 12.0 Å². The number of amides is 1. The number of nitrogens with zero attached hydrogens (tertiary/aromatic N) is 1. The van der Waals surface area contributed by atoms with Crippen LogP contribution in [0.3, 0.4) is 0 Å². The van der Waals surface area contributed by atoms with Crippen molar-refractivity contribution in [3.05, 3.63) is 70.9 Å². The molecule has 140 valence electrons. The second-order valence-electron chi connectivity index (χ2n) is 7.46. The lowest BCUT2D eigenvalue weighted by Crippen LogP contribution is -2.41. The van der Waals surface area contributed by atoms with Crippen LogP contribution in [0.4, 0.5) is 0 Å². The van der Waals surface area contributed by atoms with Gasteiger partial charge in [0.15, 0.2) is 0 Å². The molecule has 4 heteroatoms. The number of hydrogen-bond acceptors (Lipinski definition) is 2. The molecule has 1 saturated heterocycles. The van der Waals surface area contributed by atoms with Crippen molar-refractivity contribution in [1.82, 2.24) is 9.88 Å². The molecule has 0 radical (unpaired) electrons. The second kappa shape index (κ2) is 7.57. The number of rotatable bonds is 4. The molecule has 4 nitrogen and oxygen atoms in total. The molecule has 1 aliphatic rings. The van der Waals surface area contributed by atoms with E-state index in [9.17, 15) is 4.79 Å². The second-order valence-corrected chi connectivity index (χ2v) is 7.46. The highest BCUT2D eigenvalue weighted by Crippen LogP contribution is 2.25. The summed E-state index contributed by atoms with van der Waals surface area (Å²) < 4.78 is 6.04. The van der Waals surface area contributed by atoms with Crippen molar-refractivity contribution in [3.63, 3.8) is 0 Å². The topological polar surface area (TPSA) is 45.3 Å². The fourth-order valence-electron chi connectivity index (χ4n) is 3.83. The summed E-state index contributed by atoms with van der Waals surface area (Å²) in [6.07, 6.45) is 1.99. The molecular weight excluding hydrogens is 336 g/mol. The van der Waals surface area contributed by atoms with Crippen LogP contribution in [0.1, 0.15) is 40.0 Å². The van der Waals surface area contributed by atoms with E-state index < -0.39 is 0 Å². The van der Waals surface area contributed by atoms with E-state index in [2.05, 4.69) is 42.2 Å². The Morgan fingerprint density at radius 3 is 2.59 bits per heavy atom. The lowest BCUT2D eigenvalue weighted by Gasteiger charge is -2.32. The SMILES string of the molecule is Cc1ccc2[nH]c(C(=O)N3CCC(OCc4ccccc4)CC3)c(C)c2c1. The van der Waals surface area contributed by atoms with E-state index in [0.717, 1.165) is 48.1 Å². The van der Waals surface area contributed by atoms with Crippen molar-refractivity contribution in [2.45, 2.75) is 39.4 Å². The van der Waals surface area contributed by atoms with E-state index in [1.54, 1.807) is 0 Å². The minimum absolute atomic E-state index is 0.0999. The van der Waals surface area contributed by atoms with Gasteiger partial charge in [0.2, 0.25) is 0 Å². The van der Waals surface area contributed by atoms with Gasteiger partial charge in [0.1, 0.15) is 5.69 Å². The third-order valence-corrected chi connectivity index (χ3v) is 5.49. The molecule has 0 unspecified atom stereocenters. The third kappa shape index (κ3) is 3.76. The van der Waals surface area contributed by atoms with Crippen molar-refractivity contribution < 1.29 is 9.53 Å². The van der Waals surface area contributed by atoms with E-state index in [1.807, 2.05) is 30.0 Å². The Hall–Kier alpha value is -2.59. The maximum Gasteiger partial charge on any atom is 0.270 e. The highest BCUT2D eigenvalue weighted by molar-refractivity contribution is 6.01. The van der Waals surface area contributed by atoms with Crippen LogP contribution in [0.25, 0.3) is 10.9 Å². The number of ether oxygens (including phenoxy) is 1. The van der Waals surface area contributed by atoms with Crippen molar-refractivity contribution in [2.24, 2.45) is 0 Å². The fourth-order valence-corrected chi connectivity index (χ4v) is 3.83. The maximum atomic E-state index is 13.0. The number of fused-ring (bicyclic) bond motifs is 1. The van der Waals surface area contributed by atoms with E-state index in [1.165, 1.54) is 11.1 Å². The normalized spacial score (nSPS) is 15.4. The average molecular weight is 362 g/mol. The van der Waals surface area contributed by atoms with Gasteiger partial charge in [0.25, 0.3) is 5.91 Å². The Labute approximate surface area is 160 Å². The van der Waals surface area contributed by atoms with Crippen molar-refractivity contribution in [1.29, 1.82) is 0 Å². The third-order valence-electron chi connectivity index (χ3n) is 5.49. The summed E-state index contributed by atoms with van der Waals surface area (Å²) in [4.78, 5) is 18.3. The first-order valence-corrected chi connectivity index (χ1v) is 9.65. The zero-order valence-corrected chi connectivity index (χ0v) is 16.0. The fraction of sp³-hybridized carbons (Fsp3) is 0.348. The van der Waals surface area contributed by atoms with Crippen molar-refractivity contribution in [2.75, 3.05) is 13.1 Å². The number of hydrogen-bond donors (Lipinski definition) is 1. The lowest BCUT2D eigenvalue weighted by atomic mass is 10.1. The van der Waals surface area contributed by atoms with Crippen LogP contribution in [-0.2, 0) is 11.3 Å². The molecule has 3 aromatic rings. The molecule has 27 heavy (non-hydrogen) atoms. The molecule has 2 heterocycles. The van der Waals surface area contributed by atoms with Crippen LogP contribution in [0.15, 0.2) is 48.5 Å². The van der Waals surface area contributed by atoms with E-state index in [4.69, 9.17) is 4.74 Å². The summed E-state index contributed by atoms with van der Waals surface area (Å²) >= 11 is 0. The van der Waals surface area contributed by atoms with Gasteiger partial charge in [-0.15, -0.1) is 0 Å². The number of carbonyl (C=O) groups is 1. The van der Waals surface area contributed by atoms with Crippen LogP contribution >= 0.6 is 0 Å². The highest BCUT2D eigenvalue weighted by Gasteiger charge is 2.26. The molecule has 1 aromatic heterocycles. The van der Waals surface area contributed by atoms with Crippen LogP contribution in [0, 0.1) is 13.8 Å². The summed E-state index contributed by atoms with van der Waals surface area (Å²) in [7, 11) is 0. The van der Waals surface area contributed by atoms with Crippen LogP contribution < -0.4 is 0 Å². The Kier molecular flexibility index (Phi) is 4.99. The van der Waals surface area contributed by atoms with Crippen LogP contribution in [0.2, 0.25) is 0 Å². The summed E-state index contributed by atoms with van der Waals surface area (Å²) in [6, 6.07) is 16.5. The number of nitrogens with one attached hydrogen (secondary N) is 1. The standard InChI is InChI=1S/C23H26N2O2/c1-16-8-9-21-20(14-16)17(2)22(24-21)23(26)25-12-10-19(11-13-25)27-15-18-6-4-3-5-7-18/h3-9,14,19,24H,10-13,15H2,1-2H3. The number of aryl methyl sites for hydroxylation is 2. The Morgan fingerprint density at radius 2 is 1.85 bits per heavy atom. The molecule has 1 aliphatic heterocycles. The van der Waals surface area contributed by atoms with Gasteiger partial charge in [-0.3, -0.25) is 4.79 Å². The Bertz CT molecular complexity index is 938. The predicted octanol–water partition coefficient (Wildman–Crippen LogP) is 4.61. The van der Waals surface area contributed by atoms with Gasteiger partial charge in [0, 0.05) is 24.0 Å². The van der Waals surface area contributed by atoms with Gasteiger partial charge in [-0.1, -0.05) is 42.0 Å². The average Bonchev–Trinajstić information content (AvgIpc) is 3.03. The van der Waals surface area contributed by atoms with Gasteiger partial charge in [-0.05, 0) is 49.9 Å². The number of aromatic amines is 1. The number of piperidine rings is 1. The van der Waals surface area contributed by atoms with Crippen LogP contribution in [-0.4, -0.2) is 35.0 Å².